The maximum atomic E-state index is 13.3. The van der Waals surface area contributed by atoms with Gasteiger partial charge in [0.25, 0.3) is 11.8 Å². The summed E-state index contributed by atoms with van der Waals surface area (Å²) in [5.74, 6) is -1.29. The second-order valence-electron chi connectivity index (χ2n) is 6.63. The standard InChI is InChI=1S/C23H16ClFN2O2S/c1-14-13-15(24)7-12-19(14)27-22(28)20(26-17-10-8-16(25)9-11-17)21(23(27)29)30-18-5-3-2-4-6-18/h2-13,26H,1H3. The van der Waals surface area contributed by atoms with Crippen molar-refractivity contribution >= 4 is 46.6 Å². The van der Waals surface area contributed by atoms with Gasteiger partial charge in [-0.2, -0.15) is 0 Å². The summed E-state index contributed by atoms with van der Waals surface area (Å²) in [6, 6.07) is 19.9. The fourth-order valence-corrected chi connectivity index (χ4v) is 4.26. The Balaban J connectivity index is 1.76. The van der Waals surface area contributed by atoms with E-state index >= 15 is 0 Å². The number of amides is 2. The first-order valence-electron chi connectivity index (χ1n) is 9.09. The van der Waals surface area contributed by atoms with Crippen molar-refractivity contribution in [1.29, 1.82) is 0 Å². The zero-order valence-corrected chi connectivity index (χ0v) is 17.4. The molecule has 0 aliphatic carbocycles. The molecule has 1 N–H and O–H groups in total. The Morgan fingerprint density at radius 2 is 1.63 bits per heavy atom. The van der Waals surface area contributed by atoms with Gasteiger partial charge in [-0.25, -0.2) is 9.29 Å². The molecule has 0 atom stereocenters. The Labute approximate surface area is 182 Å². The van der Waals surface area contributed by atoms with E-state index in [2.05, 4.69) is 5.32 Å². The third-order valence-corrected chi connectivity index (χ3v) is 5.84. The highest BCUT2D eigenvalue weighted by Crippen LogP contribution is 2.39. The number of halogens is 2. The van der Waals surface area contributed by atoms with Crippen molar-refractivity contribution in [3.05, 3.63) is 99.8 Å². The number of carbonyl (C=O) groups excluding carboxylic acids is 2. The van der Waals surface area contributed by atoms with E-state index in [0.29, 0.717) is 22.0 Å². The lowest BCUT2D eigenvalue weighted by Crippen LogP contribution is -2.32. The molecule has 0 spiro atoms. The van der Waals surface area contributed by atoms with Crippen LogP contribution in [0.4, 0.5) is 15.8 Å². The van der Waals surface area contributed by atoms with Crippen molar-refractivity contribution in [2.45, 2.75) is 11.8 Å². The summed E-state index contributed by atoms with van der Waals surface area (Å²) in [4.78, 5) is 28.8. The number of imide groups is 1. The van der Waals surface area contributed by atoms with Crippen LogP contribution in [0.25, 0.3) is 0 Å². The Hall–Kier alpha value is -3.09. The first-order chi connectivity index (χ1) is 14.4. The molecule has 0 saturated carbocycles. The highest BCUT2D eigenvalue weighted by atomic mass is 35.5. The van der Waals surface area contributed by atoms with Crippen molar-refractivity contribution < 1.29 is 14.0 Å². The fourth-order valence-electron chi connectivity index (χ4n) is 3.09. The number of rotatable bonds is 5. The molecule has 1 aliphatic rings. The van der Waals surface area contributed by atoms with Crippen LogP contribution < -0.4 is 10.2 Å². The molecular weight excluding hydrogens is 423 g/mol. The average molecular weight is 439 g/mol. The topological polar surface area (TPSA) is 49.4 Å². The van der Waals surface area contributed by atoms with Gasteiger partial charge in [0.15, 0.2) is 0 Å². The molecule has 4 rings (SSSR count). The molecule has 4 nitrogen and oxygen atoms in total. The van der Waals surface area contributed by atoms with E-state index in [1.165, 1.54) is 36.0 Å². The third kappa shape index (κ3) is 3.97. The largest absolute Gasteiger partial charge is 0.350 e. The summed E-state index contributed by atoms with van der Waals surface area (Å²) < 4.78 is 13.3. The molecular formula is C23H16ClFN2O2S. The molecule has 7 heteroatoms. The van der Waals surface area contributed by atoms with Crippen molar-refractivity contribution in [1.82, 2.24) is 0 Å². The first kappa shape index (κ1) is 20.2. The van der Waals surface area contributed by atoms with E-state index in [1.807, 2.05) is 30.3 Å². The van der Waals surface area contributed by atoms with Gasteiger partial charge in [-0.05, 0) is 67.1 Å². The molecule has 3 aromatic carbocycles. The average Bonchev–Trinajstić information content (AvgIpc) is 2.95. The van der Waals surface area contributed by atoms with Crippen molar-refractivity contribution in [3.63, 3.8) is 0 Å². The van der Waals surface area contributed by atoms with Gasteiger partial charge in [0.2, 0.25) is 0 Å². The van der Waals surface area contributed by atoms with Gasteiger partial charge >= 0.3 is 0 Å². The van der Waals surface area contributed by atoms with E-state index in [0.717, 1.165) is 9.80 Å². The highest BCUT2D eigenvalue weighted by molar-refractivity contribution is 8.04. The minimum atomic E-state index is -0.479. The lowest BCUT2D eigenvalue weighted by Gasteiger charge is -2.18. The molecule has 0 bridgehead atoms. The first-order valence-corrected chi connectivity index (χ1v) is 10.3. The summed E-state index contributed by atoms with van der Waals surface area (Å²) in [7, 11) is 0. The maximum Gasteiger partial charge on any atom is 0.283 e. The molecule has 1 heterocycles. The number of thioether (sulfide) groups is 1. The van der Waals surface area contributed by atoms with Crippen LogP contribution in [0.15, 0.2) is 88.3 Å². The third-order valence-electron chi connectivity index (χ3n) is 4.52. The molecule has 0 fully saturated rings. The number of carbonyl (C=O) groups is 2. The van der Waals surface area contributed by atoms with Gasteiger partial charge < -0.3 is 5.32 Å². The summed E-state index contributed by atoms with van der Waals surface area (Å²) in [5, 5.41) is 3.52. The Kier molecular flexibility index (Phi) is 5.61. The molecule has 0 saturated heterocycles. The predicted octanol–water partition coefficient (Wildman–Crippen LogP) is 5.78. The monoisotopic (exact) mass is 438 g/mol. The summed E-state index contributed by atoms with van der Waals surface area (Å²) in [5.41, 5.74) is 1.83. The van der Waals surface area contributed by atoms with Crippen molar-refractivity contribution in [2.75, 3.05) is 10.2 Å². The van der Waals surface area contributed by atoms with E-state index < -0.39 is 11.8 Å². The minimum absolute atomic E-state index is 0.148. The van der Waals surface area contributed by atoms with Crippen molar-refractivity contribution in [3.8, 4) is 0 Å². The zero-order valence-electron chi connectivity index (χ0n) is 15.9. The van der Waals surface area contributed by atoms with Crippen LogP contribution in [0.5, 0.6) is 0 Å². The number of hydrogen-bond donors (Lipinski definition) is 1. The molecule has 0 radical (unpaired) electrons. The summed E-state index contributed by atoms with van der Waals surface area (Å²) >= 11 is 7.24. The number of nitrogens with zero attached hydrogens (tertiary/aromatic N) is 1. The van der Waals surface area contributed by atoms with Gasteiger partial charge in [0.05, 0.1) is 5.69 Å². The maximum absolute atomic E-state index is 13.3. The van der Waals surface area contributed by atoms with E-state index in [9.17, 15) is 14.0 Å². The molecule has 150 valence electrons. The summed E-state index contributed by atoms with van der Waals surface area (Å²) in [6.45, 7) is 1.79. The number of anilines is 2. The quantitative estimate of drug-likeness (QED) is 0.513. The van der Waals surface area contributed by atoms with Gasteiger partial charge in [0.1, 0.15) is 16.4 Å². The van der Waals surface area contributed by atoms with Crippen LogP contribution in [0.2, 0.25) is 5.02 Å². The fraction of sp³-hybridized carbons (Fsp3) is 0.0435. The SMILES string of the molecule is Cc1cc(Cl)ccc1N1C(=O)C(Nc2ccc(F)cc2)=C(Sc2ccccc2)C1=O. The van der Waals surface area contributed by atoms with E-state index in [4.69, 9.17) is 11.6 Å². The number of aryl methyl sites for hydroxylation is 1. The van der Waals surface area contributed by atoms with Crippen LogP contribution in [0, 0.1) is 12.7 Å². The summed E-state index contributed by atoms with van der Waals surface area (Å²) in [6.07, 6.45) is 0. The molecule has 3 aromatic rings. The number of nitrogens with one attached hydrogen (secondary N) is 1. The van der Waals surface area contributed by atoms with Gasteiger partial charge in [-0.15, -0.1) is 0 Å². The number of hydrogen-bond acceptors (Lipinski definition) is 4. The van der Waals surface area contributed by atoms with Gasteiger partial charge in [0, 0.05) is 15.6 Å². The molecule has 30 heavy (non-hydrogen) atoms. The molecule has 0 aromatic heterocycles. The smallest absolute Gasteiger partial charge is 0.283 e. The molecule has 1 aliphatic heterocycles. The zero-order chi connectivity index (χ0) is 21.3. The Morgan fingerprint density at radius 1 is 0.933 bits per heavy atom. The lowest BCUT2D eigenvalue weighted by molar-refractivity contribution is -0.120. The highest BCUT2D eigenvalue weighted by Gasteiger charge is 2.40. The van der Waals surface area contributed by atoms with Gasteiger partial charge in [-0.3, -0.25) is 9.59 Å². The number of benzene rings is 3. The lowest BCUT2D eigenvalue weighted by atomic mass is 10.2. The molecule has 0 unspecified atom stereocenters. The minimum Gasteiger partial charge on any atom is -0.350 e. The second kappa shape index (κ2) is 8.34. The van der Waals surface area contributed by atoms with Crippen molar-refractivity contribution in [2.24, 2.45) is 0 Å². The van der Waals surface area contributed by atoms with E-state index in [1.54, 1.807) is 25.1 Å². The van der Waals surface area contributed by atoms with Crippen LogP contribution >= 0.6 is 23.4 Å². The van der Waals surface area contributed by atoms with Gasteiger partial charge in [-0.1, -0.05) is 41.6 Å². The second-order valence-corrected chi connectivity index (χ2v) is 8.15. The Bertz CT molecular complexity index is 1160. The Morgan fingerprint density at radius 3 is 2.30 bits per heavy atom. The molecule has 2 amide bonds. The normalized spacial score (nSPS) is 13.9. The van der Waals surface area contributed by atoms with Crippen LogP contribution in [-0.4, -0.2) is 11.8 Å². The van der Waals surface area contributed by atoms with Crippen LogP contribution in [0.3, 0.4) is 0 Å². The van der Waals surface area contributed by atoms with E-state index in [-0.39, 0.29) is 16.4 Å². The van der Waals surface area contributed by atoms with Crippen LogP contribution in [-0.2, 0) is 9.59 Å². The van der Waals surface area contributed by atoms with Crippen LogP contribution in [0.1, 0.15) is 5.56 Å². The predicted molar refractivity (Wildman–Crippen MR) is 118 cm³/mol.